The Labute approximate surface area is 154 Å². The first kappa shape index (κ1) is 16.7. The Morgan fingerprint density at radius 1 is 1.17 bits per heavy atom. The van der Waals surface area contributed by atoms with Crippen LogP contribution in [0.15, 0.2) is 47.8 Å². The third-order valence-electron chi connectivity index (χ3n) is 3.42. The monoisotopic (exact) mass is 370 g/mol. The minimum Gasteiger partial charge on any atom is -0.235 e. The topological polar surface area (TPSA) is 36.7 Å². The molecule has 0 saturated heterocycles. The lowest BCUT2D eigenvalue weighted by molar-refractivity contribution is 1.37. The molecule has 24 heavy (non-hydrogen) atoms. The highest BCUT2D eigenvalue weighted by molar-refractivity contribution is 7.11. The van der Waals surface area contributed by atoms with Crippen LogP contribution in [-0.2, 0) is 0 Å². The molecule has 5 heteroatoms. The second-order valence-electron chi connectivity index (χ2n) is 5.25. The zero-order valence-electron chi connectivity index (χ0n) is 12.8. The van der Waals surface area contributed by atoms with E-state index in [0.717, 1.165) is 22.4 Å². The van der Waals surface area contributed by atoms with Gasteiger partial charge in [0.25, 0.3) is 0 Å². The first-order valence-electron chi connectivity index (χ1n) is 7.16. The predicted octanol–water partition coefficient (Wildman–Crippen LogP) is 6.49. The highest BCUT2D eigenvalue weighted by Gasteiger charge is 2.10. The lowest BCUT2D eigenvalue weighted by Crippen LogP contribution is -1.84. The van der Waals surface area contributed by atoms with Gasteiger partial charge >= 0.3 is 0 Å². The van der Waals surface area contributed by atoms with Crippen molar-refractivity contribution in [2.45, 2.75) is 6.92 Å². The second kappa shape index (κ2) is 7.19. The van der Waals surface area contributed by atoms with Crippen LogP contribution in [0.1, 0.15) is 16.1 Å². The fraction of sp³-hybridized carbons (Fsp3) is 0.0526. The van der Waals surface area contributed by atoms with Crippen molar-refractivity contribution < 1.29 is 0 Å². The van der Waals surface area contributed by atoms with Gasteiger partial charge in [-0.05, 0) is 30.7 Å². The normalized spacial score (nSPS) is 11.3. The fourth-order valence-electron chi connectivity index (χ4n) is 2.25. The Hall–Kier alpha value is -2.12. The molecule has 0 unspecified atom stereocenters. The number of rotatable bonds is 3. The highest BCUT2D eigenvalue weighted by atomic mass is 35.5. The zero-order valence-corrected chi connectivity index (χ0v) is 15.1. The van der Waals surface area contributed by atoms with Crippen molar-refractivity contribution in [1.82, 2.24) is 4.98 Å². The average Bonchev–Trinajstić information content (AvgIpc) is 3.05. The number of thiazole rings is 1. The summed E-state index contributed by atoms with van der Waals surface area (Å²) < 4.78 is 0. The summed E-state index contributed by atoms with van der Waals surface area (Å²) in [6.07, 6.45) is 1.85. The molecule has 3 rings (SSSR count). The Balaban J connectivity index is 1.96. The molecule has 0 radical (unpaired) electrons. The molecule has 2 nitrogen and oxygen atoms in total. The Bertz CT molecular complexity index is 967. The van der Waals surface area contributed by atoms with Gasteiger partial charge in [-0.3, -0.25) is 0 Å². The van der Waals surface area contributed by atoms with Crippen molar-refractivity contribution in [3.05, 3.63) is 74.0 Å². The Morgan fingerprint density at radius 3 is 2.71 bits per heavy atom. The number of aromatic nitrogens is 1. The van der Waals surface area contributed by atoms with E-state index in [1.807, 2.05) is 48.7 Å². The van der Waals surface area contributed by atoms with Gasteiger partial charge in [0.2, 0.25) is 0 Å². The largest absolute Gasteiger partial charge is 0.235 e. The maximum absolute atomic E-state index is 9.48. The number of benzene rings is 2. The molecule has 3 aromatic rings. The van der Waals surface area contributed by atoms with Crippen LogP contribution in [0.25, 0.3) is 22.9 Å². The van der Waals surface area contributed by atoms with Gasteiger partial charge in [0.05, 0.1) is 21.3 Å². The molecule has 0 atom stereocenters. The molecule has 0 fully saturated rings. The van der Waals surface area contributed by atoms with Crippen molar-refractivity contribution in [3.8, 4) is 17.3 Å². The summed E-state index contributed by atoms with van der Waals surface area (Å²) in [6, 6.07) is 15.6. The smallest absolute Gasteiger partial charge is 0.134 e. The summed E-state index contributed by atoms with van der Waals surface area (Å²) in [4.78, 5) is 4.57. The lowest BCUT2D eigenvalue weighted by atomic mass is 10.1. The van der Waals surface area contributed by atoms with Crippen LogP contribution >= 0.6 is 34.5 Å². The summed E-state index contributed by atoms with van der Waals surface area (Å²) in [5, 5.41) is 13.1. The molecule has 0 amide bonds. The lowest BCUT2D eigenvalue weighted by Gasteiger charge is -2.00. The number of allylic oxidation sites excluding steroid dienone is 1. The van der Waals surface area contributed by atoms with Crippen molar-refractivity contribution in [1.29, 1.82) is 5.26 Å². The number of aryl methyl sites for hydroxylation is 1. The van der Waals surface area contributed by atoms with Gasteiger partial charge in [-0.15, -0.1) is 11.3 Å². The molecule has 1 heterocycles. The minimum absolute atomic E-state index is 0.486. The summed E-state index contributed by atoms with van der Waals surface area (Å²) in [7, 11) is 0. The molecule has 1 aromatic heterocycles. The molecule has 0 saturated carbocycles. The number of nitriles is 1. The van der Waals surface area contributed by atoms with E-state index in [-0.39, 0.29) is 0 Å². The zero-order chi connectivity index (χ0) is 17.1. The average molecular weight is 371 g/mol. The summed E-state index contributed by atoms with van der Waals surface area (Å²) in [5.74, 6) is 0. The van der Waals surface area contributed by atoms with E-state index in [0.29, 0.717) is 20.6 Å². The Morgan fingerprint density at radius 2 is 2.00 bits per heavy atom. The van der Waals surface area contributed by atoms with Gasteiger partial charge in [0.1, 0.15) is 11.1 Å². The van der Waals surface area contributed by atoms with Crippen molar-refractivity contribution in [2.24, 2.45) is 0 Å². The van der Waals surface area contributed by atoms with Crippen LogP contribution < -0.4 is 0 Å². The van der Waals surface area contributed by atoms with Crippen molar-refractivity contribution in [2.75, 3.05) is 0 Å². The fourth-order valence-corrected chi connectivity index (χ4v) is 3.35. The molecule has 118 valence electrons. The van der Waals surface area contributed by atoms with Gasteiger partial charge in [-0.25, -0.2) is 4.98 Å². The molecule has 0 aliphatic heterocycles. The molecule has 0 N–H and O–H groups in total. The van der Waals surface area contributed by atoms with Crippen LogP contribution in [0.4, 0.5) is 0 Å². The number of hydrogen-bond donors (Lipinski definition) is 0. The number of halogens is 2. The van der Waals surface area contributed by atoms with Crippen LogP contribution in [0.5, 0.6) is 0 Å². The number of nitrogens with zero attached hydrogens (tertiary/aromatic N) is 2. The van der Waals surface area contributed by atoms with E-state index in [1.54, 1.807) is 12.1 Å². The third-order valence-corrected chi connectivity index (χ3v) is 5.04. The maximum Gasteiger partial charge on any atom is 0.134 e. The molecule has 0 bridgehead atoms. The standard InChI is InChI=1S/C19H12Cl2N2S/c1-12-3-2-4-13(7-12)8-15(10-22)19-23-18(11-24-19)14-5-6-16(20)17(21)9-14/h2-9,11H,1H3. The van der Waals surface area contributed by atoms with E-state index in [9.17, 15) is 5.26 Å². The first-order chi connectivity index (χ1) is 11.6. The van der Waals surface area contributed by atoms with Gasteiger partial charge in [-0.2, -0.15) is 5.26 Å². The SMILES string of the molecule is Cc1cccc(C=C(C#N)c2nc(-c3ccc(Cl)c(Cl)c3)cs2)c1. The quantitative estimate of drug-likeness (QED) is 0.494. The van der Waals surface area contributed by atoms with Crippen molar-refractivity contribution >= 4 is 46.2 Å². The van der Waals surface area contributed by atoms with Crippen LogP contribution in [0.2, 0.25) is 10.0 Å². The second-order valence-corrected chi connectivity index (χ2v) is 6.92. The summed E-state index contributed by atoms with van der Waals surface area (Å²) >= 11 is 13.4. The first-order valence-corrected chi connectivity index (χ1v) is 8.80. The van der Waals surface area contributed by atoms with E-state index in [2.05, 4.69) is 11.1 Å². The summed E-state index contributed by atoms with van der Waals surface area (Å²) in [6.45, 7) is 2.02. The van der Waals surface area contributed by atoms with Gasteiger partial charge in [0, 0.05) is 10.9 Å². The molecule has 0 aliphatic rings. The van der Waals surface area contributed by atoms with Gasteiger partial charge < -0.3 is 0 Å². The van der Waals surface area contributed by atoms with Crippen LogP contribution in [0, 0.1) is 18.3 Å². The van der Waals surface area contributed by atoms with E-state index in [4.69, 9.17) is 23.2 Å². The third kappa shape index (κ3) is 3.68. The Kier molecular flexibility index (Phi) is 5.01. The van der Waals surface area contributed by atoms with Gasteiger partial charge in [0.15, 0.2) is 0 Å². The summed E-state index contributed by atoms with van der Waals surface area (Å²) in [5.41, 5.74) is 4.32. The van der Waals surface area contributed by atoms with Crippen LogP contribution in [-0.4, -0.2) is 4.98 Å². The molecule has 2 aromatic carbocycles. The van der Waals surface area contributed by atoms with E-state index in [1.165, 1.54) is 11.3 Å². The minimum atomic E-state index is 0.486. The van der Waals surface area contributed by atoms with Gasteiger partial charge in [-0.1, -0.05) is 59.1 Å². The highest BCUT2D eigenvalue weighted by Crippen LogP contribution is 2.31. The molecule has 0 spiro atoms. The number of hydrogen-bond acceptors (Lipinski definition) is 3. The molecule has 0 aliphatic carbocycles. The van der Waals surface area contributed by atoms with Crippen LogP contribution in [0.3, 0.4) is 0 Å². The molecular weight excluding hydrogens is 359 g/mol. The van der Waals surface area contributed by atoms with Crippen molar-refractivity contribution in [3.63, 3.8) is 0 Å². The van der Waals surface area contributed by atoms with E-state index < -0.39 is 0 Å². The predicted molar refractivity (Wildman–Crippen MR) is 102 cm³/mol. The maximum atomic E-state index is 9.48. The molecular formula is C19H12Cl2N2S. The van der Waals surface area contributed by atoms with E-state index >= 15 is 0 Å².